The van der Waals surface area contributed by atoms with Crippen LogP contribution in [0.3, 0.4) is 0 Å². The van der Waals surface area contributed by atoms with Gasteiger partial charge >= 0.3 is 0 Å². The van der Waals surface area contributed by atoms with Crippen LogP contribution in [0.4, 0.5) is 0 Å². The molecule has 2 aromatic rings. The van der Waals surface area contributed by atoms with E-state index in [2.05, 4.69) is 5.32 Å². The lowest BCUT2D eigenvalue weighted by Crippen LogP contribution is -2.54. The van der Waals surface area contributed by atoms with Gasteiger partial charge in [0, 0.05) is 37.9 Å². The first kappa shape index (κ1) is 25.2. The number of nitrogens with zero attached hydrogens (tertiary/aromatic N) is 2. The average Bonchev–Trinajstić information content (AvgIpc) is 3.59. The molecule has 3 aliphatic rings. The summed E-state index contributed by atoms with van der Waals surface area (Å²) in [6, 6.07) is 18.0. The number of benzene rings is 2. The Bertz CT molecular complexity index is 1140. The Kier molecular flexibility index (Phi) is 7.68. The highest BCUT2D eigenvalue weighted by Crippen LogP contribution is 2.29. The Morgan fingerprint density at radius 2 is 1.24 bits per heavy atom. The van der Waals surface area contributed by atoms with Crippen molar-refractivity contribution in [3.8, 4) is 0 Å². The smallest absolute Gasteiger partial charge is 0.246 e. The molecule has 0 radical (unpaired) electrons. The number of hydrogen-bond donors (Lipinski definition) is 1. The molecule has 194 valence electrons. The fourth-order valence-corrected chi connectivity index (χ4v) is 6.16. The van der Waals surface area contributed by atoms with E-state index in [1.807, 2.05) is 60.7 Å². The van der Waals surface area contributed by atoms with Crippen molar-refractivity contribution < 1.29 is 19.2 Å². The third-order valence-corrected chi connectivity index (χ3v) is 7.95. The lowest BCUT2D eigenvalue weighted by atomic mass is 9.90. The minimum atomic E-state index is -0.560. The van der Waals surface area contributed by atoms with Gasteiger partial charge in [-0.2, -0.15) is 0 Å². The summed E-state index contributed by atoms with van der Waals surface area (Å²) >= 11 is 0. The number of Topliss-reactive ketones (excluding diaryl/α,β-unsaturated/α-hetero) is 1. The zero-order valence-electron chi connectivity index (χ0n) is 21.2. The van der Waals surface area contributed by atoms with Gasteiger partial charge in [-0.25, -0.2) is 0 Å². The van der Waals surface area contributed by atoms with Gasteiger partial charge in [0.25, 0.3) is 0 Å². The molecule has 3 saturated heterocycles. The van der Waals surface area contributed by atoms with Gasteiger partial charge in [-0.1, -0.05) is 60.7 Å². The molecule has 0 spiro atoms. The van der Waals surface area contributed by atoms with Crippen LogP contribution in [0.1, 0.15) is 49.7 Å². The van der Waals surface area contributed by atoms with Gasteiger partial charge in [-0.05, 0) is 49.7 Å². The second-order valence-corrected chi connectivity index (χ2v) is 10.6. The van der Waals surface area contributed by atoms with E-state index in [4.69, 9.17) is 0 Å². The monoisotopic (exact) mass is 501 g/mol. The molecular weight excluding hydrogens is 466 g/mol. The topological polar surface area (TPSA) is 86.8 Å². The Balaban J connectivity index is 1.46. The molecule has 4 atom stereocenters. The molecule has 0 saturated carbocycles. The molecule has 2 aromatic carbocycles. The SMILES string of the molecule is O=C1C[C@H](Cc2ccccc2)NC(=O)[C@@H]2CCCN2C(=O)[C@@H]2CCCN2C(=O)[C@H](Cc2ccccc2)C1. The highest BCUT2D eigenvalue weighted by molar-refractivity contribution is 5.95. The van der Waals surface area contributed by atoms with Crippen LogP contribution in [0.25, 0.3) is 0 Å². The maximum Gasteiger partial charge on any atom is 0.246 e. The summed E-state index contributed by atoms with van der Waals surface area (Å²) in [6.07, 6.45) is 3.92. The normalized spacial score (nSPS) is 27.1. The number of rotatable bonds is 4. The van der Waals surface area contributed by atoms with Crippen LogP contribution in [0.2, 0.25) is 0 Å². The predicted octanol–water partition coefficient (Wildman–Crippen LogP) is 2.92. The van der Waals surface area contributed by atoms with Crippen LogP contribution in [-0.2, 0) is 32.0 Å². The molecule has 0 aromatic heterocycles. The van der Waals surface area contributed by atoms with Crippen molar-refractivity contribution in [1.82, 2.24) is 15.1 Å². The first-order chi connectivity index (χ1) is 18.0. The van der Waals surface area contributed by atoms with E-state index in [0.717, 1.165) is 24.0 Å². The summed E-state index contributed by atoms with van der Waals surface area (Å²) in [4.78, 5) is 57.8. The Labute approximate surface area is 218 Å². The fourth-order valence-electron chi connectivity index (χ4n) is 6.16. The van der Waals surface area contributed by atoms with Crippen LogP contribution < -0.4 is 5.32 Å². The minimum absolute atomic E-state index is 0.0416. The average molecular weight is 502 g/mol. The summed E-state index contributed by atoms with van der Waals surface area (Å²) in [5.41, 5.74) is 2.02. The summed E-state index contributed by atoms with van der Waals surface area (Å²) in [7, 11) is 0. The molecule has 3 aliphatic heterocycles. The van der Waals surface area contributed by atoms with E-state index in [0.29, 0.717) is 38.8 Å². The maximum atomic E-state index is 13.9. The zero-order valence-corrected chi connectivity index (χ0v) is 21.2. The number of carbonyl (C=O) groups is 4. The van der Waals surface area contributed by atoms with Gasteiger partial charge in [0.2, 0.25) is 17.7 Å². The van der Waals surface area contributed by atoms with E-state index in [1.165, 1.54) is 0 Å². The Morgan fingerprint density at radius 1 is 0.676 bits per heavy atom. The Hall–Kier alpha value is -3.48. The van der Waals surface area contributed by atoms with Gasteiger partial charge < -0.3 is 15.1 Å². The number of amides is 3. The zero-order chi connectivity index (χ0) is 25.8. The Morgan fingerprint density at radius 3 is 1.89 bits per heavy atom. The second-order valence-electron chi connectivity index (χ2n) is 10.6. The van der Waals surface area contributed by atoms with Crippen molar-refractivity contribution >= 4 is 23.5 Å². The molecule has 37 heavy (non-hydrogen) atoms. The van der Waals surface area contributed by atoms with Crippen LogP contribution in [-0.4, -0.2) is 64.5 Å². The van der Waals surface area contributed by atoms with Crippen molar-refractivity contribution in [1.29, 1.82) is 0 Å². The molecule has 3 amide bonds. The highest BCUT2D eigenvalue weighted by atomic mass is 16.2. The summed E-state index contributed by atoms with van der Waals surface area (Å²) in [5.74, 6) is -1.03. The number of carbonyl (C=O) groups excluding carboxylic acids is 4. The van der Waals surface area contributed by atoms with Crippen LogP contribution >= 0.6 is 0 Å². The van der Waals surface area contributed by atoms with Crippen molar-refractivity contribution in [2.24, 2.45) is 5.92 Å². The quantitative estimate of drug-likeness (QED) is 0.698. The molecule has 3 heterocycles. The summed E-state index contributed by atoms with van der Waals surface area (Å²) in [5, 5.41) is 3.11. The molecule has 0 unspecified atom stereocenters. The summed E-state index contributed by atoms with van der Waals surface area (Å²) in [6.45, 7) is 1.03. The van der Waals surface area contributed by atoms with E-state index >= 15 is 0 Å². The largest absolute Gasteiger partial charge is 0.351 e. The van der Waals surface area contributed by atoms with Gasteiger partial charge in [-0.15, -0.1) is 0 Å². The van der Waals surface area contributed by atoms with E-state index in [9.17, 15) is 19.2 Å². The van der Waals surface area contributed by atoms with Crippen molar-refractivity contribution in [3.05, 3.63) is 71.8 Å². The van der Waals surface area contributed by atoms with Gasteiger partial charge in [0.15, 0.2) is 0 Å². The van der Waals surface area contributed by atoms with Gasteiger partial charge in [0.1, 0.15) is 17.9 Å². The molecule has 0 bridgehead atoms. The van der Waals surface area contributed by atoms with Crippen molar-refractivity contribution in [3.63, 3.8) is 0 Å². The van der Waals surface area contributed by atoms with Crippen LogP contribution in [0.15, 0.2) is 60.7 Å². The number of ketones is 1. The number of hydrogen-bond acceptors (Lipinski definition) is 4. The molecule has 1 N–H and O–H groups in total. The molecule has 5 rings (SSSR count). The molecule has 0 aliphatic carbocycles. The first-order valence-electron chi connectivity index (χ1n) is 13.5. The summed E-state index contributed by atoms with van der Waals surface area (Å²) < 4.78 is 0. The van der Waals surface area contributed by atoms with Crippen molar-refractivity contribution in [2.45, 2.75) is 69.5 Å². The van der Waals surface area contributed by atoms with E-state index < -0.39 is 24.0 Å². The highest BCUT2D eigenvalue weighted by Gasteiger charge is 2.44. The lowest BCUT2D eigenvalue weighted by Gasteiger charge is -2.32. The van der Waals surface area contributed by atoms with Crippen molar-refractivity contribution in [2.75, 3.05) is 13.1 Å². The standard InChI is InChI=1S/C30H35N3O4/c34-25-19-23(17-21-9-3-1-4-10-21)29(36)33-16-8-14-27(33)30(37)32-15-7-13-26(32)28(35)31-24(20-25)18-22-11-5-2-6-12-22/h1-6,9-12,23-24,26-27H,7-8,13-20H2,(H,31,35)/t23-,24+,26+,27+/m1/s1. The lowest BCUT2D eigenvalue weighted by molar-refractivity contribution is -0.148. The van der Waals surface area contributed by atoms with E-state index in [-0.39, 0.29) is 36.3 Å². The van der Waals surface area contributed by atoms with Gasteiger partial charge in [0.05, 0.1) is 0 Å². The molecule has 3 fully saturated rings. The molecule has 7 nitrogen and oxygen atoms in total. The molecular formula is C30H35N3O4. The maximum absolute atomic E-state index is 13.9. The number of nitrogens with one attached hydrogen (secondary N) is 1. The first-order valence-corrected chi connectivity index (χ1v) is 13.5. The van der Waals surface area contributed by atoms with Crippen LogP contribution in [0.5, 0.6) is 0 Å². The third kappa shape index (κ3) is 5.76. The van der Waals surface area contributed by atoms with Crippen LogP contribution in [0, 0.1) is 5.92 Å². The second kappa shape index (κ2) is 11.3. The van der Waals surface area contributed by atoms with E-state index in [1.54, 1.807) is 9.80 Å². The third-order valence-electron chi connectivity index (χ3n) is 7.95. The molecule has 7 heteroatoms. The minimum Gasteiger partial charge on any atom is -0.351 e. The predicted molar refractivity (Wildman–Crippen MR) is 139 cm³/mol. The fraction of sp³-hybridized carbons (Fsp3) is 0.467. The number of fused-ring (bicyclic) bond motifs is 2. The van der Waals surface area contributed by atoms with Gasteiger partial charge in [-0.3, -0.25) is 19.2 Å².